The Balaban J connectivity index is 2.31. The van der Waals surface area contributed by atoms with Crippen molar-refractivity contribution < 1.29 is 4.79 Å². The minimum absolute atomic E-state index is 0.257. The minimum atomic E-state index is -0.257. The van der Waals surface area contributed by atoms with Crippen molar-refractivity contribution in [3.8, 4) is 0 Å². The summed E-state index contributed by atoms with van der Waals surface area (Å²) in [5.41, 5.74) is 0.998. The molecule has 1 amide bonds. The number of nitrogens with zero attached hydrogens (tertiary/aromatic N) is 2. The first-order valence-electron chi connectivity index (χ1n) is 5.51. The van der Waals surface area contributed by atoms with Gasteiger partial charge in [0.1, 0.15) is 5.69 Å². The van der Waals surface area contributed by atoms with E-state index in [1.165, 1.54) is 0 Å². The van der Waals surface area contributed by atoms with Crippen LogP contribution in [0.1, 0.15) is 17.4 Å². The van der Waals surface area contributed by atoms with Gasteiger partial charge in [-0.05, 0) is 41.6 Å². The van der Waals surface area contributed by atoms with Crippen LogP contribution in [0, 0.1) is 3.57 Å². The molecule has 100 valence electrons. The van der Waals surface area contributed by atoms with Crippen LogP contribution in [-0.2, 0) is 6.54 Å². The van der Waals surface area contributed by atoms with Gasteiger partial charge in [0.15, 0.2) is 0 Å². The van der Waals surface area contributed by atoms with Gasteiger partial charge in [0, 0.05) is 6.54 Å². The zero-order valence-corrected chi connectivity index (χ0v) is 13.6. The van der Waals surface area contributed by atoms with Gasteiger partial charge in [-0.2, -0.15) is 5.10 Å². The van der Waals surface area contributed by atoms with E-state index in [1.807, 2.05) is 6.92 Å². The van der Waals surface area contributed by atoms with Gasteiger partial charge < -0.3 is 5.32 Å². The number of hydrogen-bond donors (Lipinski definition) is 1. The van der Waals surface area contributed by atoms with Gasteiger partial charge in [-0.3, -0.25) is 9.48 Å². The zero-order valence-electron chi connectivity index (χ0n) is 9.95. The number of amides is 1. The molecule has 0 spiro atoms. The molecule has 0 saturated heterocycles. The van der Waals surface area contributed by atoms with E-state index in [1.54, 1.807) is 29.1 Å². The third-order valence-corrected chi connectivity index (χ3v) is 4.12. The van der Waals surface area contributed by atoms with Crippen molar-refractivity contribution in [3.05, 3.63) is 43.7 Å². The summed E-state index contributed by atoms with van der Waals surface area (Å²) in [6.45, 7) is 2.54. The van der Waals surface area contributed by atoms with E-state index in [-0.39, 0.29) is 5.91 Å². The van der Waals surface area contributed by atoms with Gasteiger partial charge in [-0.1, -0.05) is 29.3 Å². The summed E-state index contributed by atoms with van der Waals surface area (Å²) in [4.78, 5) is 12.3. The molecule has 0 aliphatic rings. The number of halogens is 3. The molecular formula is C12H10Cl2IN3O. The predicted octanol–water partition coefficient (Wildman–Crippen LogP) is 4.07. The second kappa shape index (κ2) is 6.11. The van der Waals surface area contributed by atoms with Gasteiger partial charge in [0.05, 0.1) is 25.5 Å². The van der Waals surface area contributed by atoms with Crippen LogP contribution in [-0.4, -0.2) is 15.7 Å². The lowest BCUT2D eigenvalue weighted by Crippen LogP contribution is -2.18. The summed E-state index contributed by atoms with van der Waals surface area (Å²) in [6.07, 6.45) is 1.65. The highest BCUT2D eigenvalue weighted by molar-refractivity contribution is 14.1. The first kappa shape index (κ1) is 14.6. The van der Waals surface area contributed by atoms with Gasteiger partial charge in [-0.25, -0.2) is 0 Å². The normalized spacial score (nSPS) is 10.5. The van der Waals surface area contributed by atoms with Crippen LogP contribution in [0.2, 0.25) is 10.0 Å². The Kier molecular flexibility index (Phi) is 4.70. The summed E-state index contributed by atoms with van der Waals surface area (Å²) < 4.78 is 2.42. The Bertz CT molecular complexity index is 627. The number of aryl methyl sites for hydroxylation is 1. The van der Waals surface area contributed by atoms with Crippen LogP contribution in [0.5, 0.6) is 0 Å². The van der Waals surface area contributed by atoms with Crippen molar-refractivity contribution in [2.75, 3.05) is 5.32 Å². The predicted molar refractivity (Wildman–Crippen MR) is 85.0 cm³/mol. The fourth-order valence-corrected chi connectivity index (χ4v) is 2.61. The molecular weight excluding hydrogens is 400 g/mol. The molecule has 1 N–H and O–H groups in total. The smallest absolute Gasteiger partial charge is 0.275 e. The standard InChI is InChI=1S/C12H10Cl2IN3O/c1-2-18-11(8(15)6-16-18)12(19)17-9-5-3-4-7(13)10(9)14/h3-6H,2H2,1H3,(H,17,19). The maximum Gasteiger partial charge on any atom is 0.275 e. The number of benzene rings is 1. The molecule has 1 heterocycles. The number of carbonyl (C=O) groups excluding carboxylic acids is 1. The van der Waals surface area contributed by atoms with E-state index >= 15 is 0 Å². The molecule has 19 heavy (non-hydrogen) atoms. The Morgan fingerprint density at radius 2 is 2.21 bits per heavy atom. The van der Waals surface area contributed by atoms with E-state index in [9.17, 15) is 4.79 Å². The molecule has 0 saturated carbocycles. The third-order valence-electron chi connectivity index (χ3n) is 2.51. The first-order valence-corrected chi connectivity index (χ1v) is 7.34. The van der Waals surface area contributed by atoms with Crippen LogP contribution < -0.4 is 5.32 Å². The van der Waals surface area contributed by atoms with Gasteiger partial charge in [0.25, 0.3) is 5.91 Å². The van der Waals surface area contributed by atoms with Crippen LogP contribution in [0.25, 0.3) is 0 Å². The van der Waals surface area contributed by atoms with Crippen molar-refractivity contribution in [2.45, 2.75) is 13.5 Å². The van der Waals surface area contributed by atoms with E-state index in [0.717, 1.165) is 3.57 Å². The molecule has 0 unspecified atom stereocenters. The Labute approximate surface area is 134 Å². The number of aromatic nitrogens is 2. The van der Waals surface area contributed by atoms with Gasteiger partial charge >= 0.3 is 0 Å². The maximum absolute atomic E-state index is 12.3. The molecule has 4 nitrogen and oxygen atoms in total. The Hall–Kier alpha value is -0.790. The SMILES string of the molecule is CCn1ncc(I)c1C(=O)Nc1cccc(Cl)c1Cl. The highest BCUT2D eigenvalue weighted by Gasteiger charge is 2.17. The second-order valence-electron chi connectivity index (χ2n) is 3.71. The third kappa shape index (κ3) is 3.04. The maximum atomic E-state index is 12.3. The number of nitrogens with one attached hydrogen (secondary N) is 1. The van der Waals surface area contributed by atoms with Crippen molar-refractivity contribution in [3.63, 3.8) is 0 Å². The quantitative estimate of drug-likeness (QED) is 0.776. The Morgan fingerprint density at radius 1 is 1.47 bits per heavy atom. The van der Waals surface area contributed by atoms with Gasteiger partial charge in [-0.15, -0.1) is 0 Å². The van der Waals surface area contributed by atoms with Crippen molar-refractivity contribution in [2.24, 2.45) is 0 Å². The second-order valence-corrected chi connectivity index (χ2v) is 5.66. The van der Waals surface area contributed by atoms with Crippen molar-refractivity contribution >= 4 is 57.4 Å². The average Bonchev–Trinajstić information content (AvgIpc) is 2.76. The van der Waals surface area contributed by atoms with Crippen molar-refractivity contribution in [1.29, 1.82) is 0 Å². The summed E-state index contributed by atoms with van der Waals surface area (Å²) in [6, 6.07) is 5.09. The molecule has 1 aromatic heterocycles. The van der Waals surface area contributed by atoms with Crippen LogP contribution in [0.15, 0.2) is 24.4 Å². The van der Waals surface area contributed by atoms with E-state index in [2.05, 4.69) is 33.0 Å². The molecule has 0 radical (unpaired) electrons. The molecule has 0 atom stereocenters. The fraction of sp³-hybridized carbons (Fsp3) is 0.167. The van der Waals surface area contributed by atoms with E-state index in [0.29, 0.717) is 28.0 Å². The summed E-state index contributed by atoms with van der Waals surface area (Å²) >= 11 is 14.0. The molecule has 0 aliphatic heterocycles. The van der Waals surface area contributed by atoms with Crippen LogP contribution >= 0.6 is 45.8 Å². The molecule has 7 heteroatoms. The lowest BCUT2D eigenvalue weighted by atomic mass is 10.3. The highest BCUT2D eigenvalue weighted by atomic mass is 127. The molecule has 0 fully saturated rings. The number of hydrogen-bond acceptors (Lipinski definition) is 2. The molecule has 2 rings (SSSR count). The number of carbonyl (C=O) groups is 1. The topological polar surface area (TPSA) is 46.9 Å². The lowest BCUT2D eigenvalue weighted by Gasteiger charge is -2.09. The largest absolute Gasteiger partial charge is 0.319 e. The van der Waals surface area contributed by atoms with E-state index in [4.69, 9.17) is 23.2 Å². The lowest BCUT2D eigenvalue weighted by molar-refractivity contribution is 0.101. The molecule has 2 aromatic rings. The van der Waals surface area contributed by atoms with E-state index < -0.39 is 0 Å². The highest BCUT2D eigenvalue weighted by Crippen LogP contribution is 2.30. The van der Waals surface area contributed by atoms with Crippen LogP contribution in [0.4, 0.5) is 5.69 Å². The molecule has 0 bridgehead atoms. The molecule has 1 aromatic carbocycles. The fourth-order valence-electron chi connectivity index (χ4n) is 1.61. The summed E-state index contributed by atoms with van der Waals surface area (Å²) in [5.74, 6) is -0.257. The number of rotatable bonds is 3. The average molecular weight is 410 g/mol. The summed E-state index contributed by atoms with van der Waals surface area (Å²) in [7, 11) is 0. The number of anilines is 1. The zero-order chi connectivity index (χ0) is 14.0. The minimum Gasteiger partial charge on any atom is -0.319 e. The van der Waals surface area contributed by atoms with Gasteiger partial charge in [0.2, 0.25) is 0 Å². The molecule has 0 aliphatic carbocycles. The van der Waals surface area contributed by atoms with Crippen LogP contribution in [0.3, 0.4) is 0 Å². The summed E-state index contributed by atoms with van der Waals surface area (Å²) in [5, 5.41) is 7.60. The monoisotopic (exact) mass is 409 g/mol. The van der Waals surface area contributed by atoms with Crippen molar-refractivity contribution in [1.82, 2.24) is 9.78 Å². The Morgan fingerprint density at radius 3 is 2.89 bits per heavy atom. The first-order chi connectivity index (χ1) is 9.04.